The number of methoxy groups -OCH3 is 1. The summed E-state index contributed by atoms with van der Waals surface area (Å²) in [6.45, 7) is 8.21. The minimum Gasteiger partial charge on any atom is -0.469 e. The van der Waals surface area contributed by atoms with E-state index in [4.69, 9.17) is 23.7 Å². The predicted molar refractivity (Wildman–Crippen MR) is 155 cm³/mol. The van der Waals surface area contributed by atoms with Gasteiger partial charge in [0.05, 0.1) is 19.3 Å². The molecule has 3 rings (SSSR count). The molecule has 7 atom stereocenters. The van der Waals surface area contributed by atoms with Gasteiger partial charge in [0.15, 0.2) is 12.6 Å². The monoisotopic (exact) mass is 566 g/mol. The molecule has 3 fully saturated rings. The van der Waals surface area contributed by atoms with Crippen LogP contribution in [0.5, 0.6) is 0 Å². The SMILES string of the molecule is CCCCC(C)(C)[C@@H](C=C[C@@H]1[C@@H](CC=CCCCC(=O)OC)[C@H](F)C[C@H]1OC1CCCCO1)OC1CCCCO1. The van der Waals surface area contributed by atoms with Crippen molar-refractivity contribution in [3.63, 3.8) is 0 Å². The molecule has 2 unspecified atom stereocenters. The summed E-state index contributed by atoms with van der Waals surface area (Å²) >= 11 is 0. The first-order chi connectivity index (χ1) is 19.3. The van der Waals surface area contributed by atoms with Crippen molar-refractivity contribution in [1.82, 2.24) is 0 Å². The molecule has 3 aliphatic rings. The Labute approximate surface area is 242 Å². The second-order valence-electron chi connectivity index (χ2n) is 12.5. The normalized spacial score (nSPS) is 30.7. The van der Waals surface area contributed by atoms with E-state index in [9.17, 15) is 4.79 Å². The average molecular weight is 567 g/mol. The lowest BCUT2D eigenvalue weighted by Gasteiger charge is -2.36. The van der Waals surface area contributed by atoms with Crippen LogP contribution < -0.4 is 0 Å². The van der Waals surface area contributed by atoms with E-state index in [0.29, 0.717) is 25.9 Å². The molecule has 1 aliphatic carbocycles. The summed E-state index contributed by atoms with van der Waals surface area (Å²) in [5.41, 5.74) is -0.0705. The minimum atomic E-state index is -0.947. The van der Waals surface area contributed by atoms with E-state index in [1.807, 2.05) is 0 Å². The first kappa shape index (κ1) is 33.2. The Bertz CT molecular complexity index is 771. The fourth-order valence-corrected chi connectivity index (χ4v) is 6.12. The van der Waals surface area contributed by atoms with Crippen LogP contribution in [0, 0.1) is 17.3 Å². The number of hydrogen-bond acceptors (Lipinski definition) is 6. The lowest BCUT2D eigenvalue weighted by molar-refractivity contribution is -0.198. The highest BCUT2D eigenvalue weighted by Gasteiger charge is 2.44. The van der Waals surface area contributed by atoms with Crippen LogP contribution in [-0.2, 0) is 28.5 Å². The summed E-state index contributed by atoms with van der Waals surface area (Å²) in [5, 5.41) is 0. The topological polar surface area (TPSA) is 63.2 Å². The molecule has 40 heavy (non-hydrogen) atoms. The Hall–Kier alpha value is -1.28. The van der Waals surface area contributed by atoms with Crippen LogP contribution in [0.3, 0.4) is 0 Å². The maximum Gasteiger partial charge on any atom is 0.305 e. The van der Waals surface area contributed by atoms with Crippen molar-refractivity contribution in [1.29, 1.82) is 0 Å². The van der Waals surface area contributed by atoms with Crippen LogP contribution >= 0.6 is 0 Å². The summed E-state index contributed by atoms with van der Waals surface area (Å²) in [6.07, 6.45) is 19.1. The third-order valence-electron chi connectivity index (χ3n) is 8.75. The predicted octanol–water partition coefficient (Wildman–Crippen LogP) is 7.85. The van der Waals surface area contributed by atoms with Gasteiger partial charge in [-0.05, 0) is 69.6 Å². The third-order valence-corrected chi connectivity index (χ3v) is 8.75. The average Bonchev–Trinajstić information content (AvgIpc) is 3.25. The number of carbonyl (C=O) groups is 1. The van der Waals surface area contributed by atoms with Gasteiger partial charge in [0.25, 0.3) is 0 Å². The van der Waals surface area contributed by atoms with Crippen molar-refractivity contribution in [3.8, 4) is 0 Å². The van der Waals surface area contributed by atoms with Crippen molar-refractivity contribution >= 4 is 5.97 Å². The number of carbonyl (C=O) groups excluding carboxylic acids is 1. The maximum absolute atomic E-state index is 15.6. The zero-order chi connectivity index (χ0) is 28.8. The van der Waals surface area contributed by atoms with Crippen molar-refractivity contribution < 1.29 is 32.9 Å². The van der Waals surface area contributed by atoms with Gasteiger partial charge in [-0.25, -0.2) is 4.39 Å². The standard InChI is InChI=1S/C33H55FO6/c1-5-6-21-33(2,3)29(40-32-18-12-14-23-38-32)20-19-26-25(15-9-7-8-10-16-30(35)36-4)27(34)24-28(26)39-31-17-11-13-22-37-31/h7,9,19-20,25-29,31-32H,5-6,8,10-18,21-24H2,1-4H3/t25-,26-,27-,28-,29-,31?,32?/m1/s1. The van der Waals surface area contributed by atoms with E-state index in [2.05, 4.69) is 45.1 Å². The van der Waals surface area contributed by atoms with Crippen molar-refractivity contribution in [3.05, 3.63) is 24.3 Å². The van der Waals surface area contributed by atoms with Gasteiger partial charge in [-0.15, -0.1) is 0 Å². The molecular formula is C33H55FO6. The van der Waals surface area contributed by atoms with Gasteiger partial charge in [0.1, 0.15) is 6.17 Å². The molecule has 2 saturated heterocycles. The second-order valence-corrected chi connectivity index (χ2v) is 12.5. The smallest absolute Gasteiger partial charge is 0.305 e. The number of alkyl halides is 1. The highest BCUT2D eigenvalue weighted by molar-refractivity contribution is 5.69. The summed E-state index contributed by atoms with van der Waals surface area (Å²) in [6, 6.07) is 0. The number of unbranched alkanes of at least 4 members (excludes halogenated alkanes) is 2. The van der Waals surface area contributed by atoms with E-state index in [0.717, 1.165) is 77.2 Å². The molecule has 0 bridgehead atoms. The van der Waals surface area contributed by atoms with Crippen molar-refractivity contribution in [2.24, 2.45) is 17.3 Å². The van der Waals surface area contributed by atoms with Gasteiger partial charge < -0.3 is 23.7 Å². The fourth-order valence-electron chi connectivity index (χ4n) is 6.12. The quantitative estimate of drug-likeness (QED) is 0.108. The second kappa shape index (κ2) is 17.6. The van der Waals surface area contributed by atoms with Crippen molar-refractivity contribution in [2.45, 2.75) is 142 Å². The van der Waals surface area contributed by atoms with Crippen LogP contribution in [0.15, 0.2) is 24.3 Å². The molecule has 6 nitrogen and oxygen atoms in total. The maximum atomic E-state index is 15.6. The zero-order valence-electron chi connectivity index (χ0n) is 25.5. The first-order valence-corrected chi connectivity index (χ1v) is 15.9. The van der Waals surface area contributed by atoms with Gasteiger partial charge in [-0.1, -0.05) is 57.9 Å². The first-order valence-electron chi connectivity index (χ1n) is 15.9. The fraction of sp³-hybridized carbons (Fsp3) is 0.848. The molecular weight excluding hydrogens is 511 g/mol. The molecule has 7 heteroatoms. The van der Waals surface area contributed by atoms with Gasteiger partial charge >= 0.3 is 5.97 Å². The van der Waals surface area contributed by atoms with Crippen LogP contribution in [0.4, 0.5) is 4.39 Å². The lowest BCUT2D eigenvalue weighted by atomic mass is 9.80. The van der Waals surface area contributed by atoms with Crippen LogP contribution in [0.2, 0.25) is 0 Å². The highest BCUT2D eigenvalue weighted by atomic mass is 19.1. The molecule has 0 aromatic heterocycles. The molecule has 0 aromatic rings. The van der Waals surface area contributed by atoms with Gasteiger partial charge in [0, 0.05) is 37.9 Å². The number of allylic oxidation sites excluding steroid dienone is 2. The molecule has 230 valence electrons. The summed E-state index contributed by atoms with van der Waals surface area (Å²) in [4.78, 5) is 11.4. The molecule has 1 saturated carbocycles. The van der Waals surface area contributed by atoms with E-state index in [1.54, 1.807) is 0 Å². The van der Waals surface area contributed by atoms with Crippen LogP contribution in [-0.4, -0.2) is 57.3 Å². The van der Waals surface area contributed by atoms with Crippen LogP contribution in [0.25, 0.3) is 0 Å². The van der Waals surface area contributed by atoms with E-state index in [-0.39, 0.29) is 48.0 Å². The van der Waals surface area contributed by atoms with Gasteiger partial charge in [-0.3, -0.25) is 4.79 Å². The van der Waals surface area contributed by atoms with E-state index < -0.39 is 6.17 Å². The number of hydrogen-bond donors (Lipinski definition) is 0. The summed E-state index contributed by atoms with van der Waals surface area (Å²) in [7, 11) is 1.41. The summed E-state index contributed by atoms with van der Waals surface area (Å²) < 4.78 is 45.1. The Balaban J connectivity index is 1.74. The number of rotatable bonds is 16. The van der Waals surface area contributed by atoms with Gasteiger partial charge in [-0.2, -0.15) is 0 Å². The summed E-state index contributed by atoms with van der Waals surface area (Å²) in [5.74, 6) is -0.437. The molecule has 0 amide bonds. The van der Waals surface area contributed by atoms with E-state index in [1.165, 1.54) is 7.11 Å². The largest absolute Gasteiger partial charge is 0.469 e. The molecule has 0 radical (unpaired) electrons. The number of esters is 1. The number of ether oxygens (including phenoxy) is 5. The molecule has 0 N–H and O–H groups in total. The zero-order valence-corrected chi connectivity index (χ0v) is 25.5. The minimum absolute atomic E-state index is 0.0689. The lowest BCUT2D eigenvalue weighted by Crippen LogP contribution is -2.37. The Morgan fingerprint density at radius 1 is 1.05 bits per heavy atom. The Morgan fingerprint density at radius 2 is 1.77 bits per heavy atom. The third kappa shape index (κ3) is 10.8. The Morgan fingerprint density at radius 3 is 2.42 bits per heavy atom. The van der Waals surface area contributed by atoms with Crippen LogP contribution in [0.1, 0.15) is 111 Å². The Kier molecular flexibility index (Phi) is 14.6. The van der Waals surface area contributed by atoms with E-state index >= 15 is 4.39 Å². The van der Waals surface area contributed by atoms with Crippen molar-refractivity contribution in [2.75, 3.05) is 20.3 Å². The molecule has 0 aromatic carbocycles. The number of halogens is 1. The molecule has 2 heterocycles. The highest BCUT2D eigenvalue weighted by Crippen LogP contribution is 2.42. The molecule has 2 aliphatic heterocycles. The van der Waals surface area contributed by atoms with Gasteiger partial charge in [0.2, 0.25) is 0 Å². The molecule has 0 spiro atoms.